The Bertz CT molecular complexity index is 421. The minimum Gasteiger partial charge on any atom is -0.488 e. The summed E-state index contributed by atoms with van der Waals surface area (Å²) in [6.45, 7) is 13.6. The van der Waals surface area contributed by atoms with Gasteiger partial charge in [0.15, 0.2) is 0 Å². The van der Waals surface area contributed by atoms with Gasteiger partial charge in [0.05, 0.1) is 0 Å². The first-order valence-electron chi connectivity index (χ1n) is 6.08. The van der Waals surface area contributed by atoms with Crippen molar-refractivity contribution in [3.05, 3.63) is 40.4 Å². The molecule has 1 N–H and O–H groups in total. The standard InChI is InChI=1S/C15H22BrNO/c1-11-6-7-14(18-10-12(2)16)13(8-11)9-17-15(3,4)5/h6-8,17H,2,9-10H2,1,3-5H3. The summed E-state index contributed by atoms with van der Waals surface area (Å²) < 4.78 is 6.58. The van der Waals surface area contributed by atoms with E-state index in [0.717, 1.165) is 16.8 Å². The zero-order valence-electron chi connectivity index (χ0n) is 11.6. The Kier molecular flexibility index (Phi) is 5.42. The zero-order valence-corrected chi connectivity index (χ0v) is 13.2. The van der Waals surface area contributed by atoms with Gasteiger partial charge in [-0.05, 0) is 33.8 Å². The van der Waals surface area contributed by atoms with Gasteiger partial charge in [-0.3, -0.25) is 0 Å². The van der Waals surface area contributed by atoms with Crippen LogP contribution in [0.4, 0.5) is 0 Å². The highest BCUT2D eigenvalue weighted by Crippen LogP contribution is 2.21. The van der Waals surface area contributed by atoms with Crippen molar-refractivity contribution >= 4 is 15.9 Å². The highest BCUT2D eigenvalue weighted by atomic mass is 79.9. The molecular weight excluding hydrogens is 290 g/mol. The highest BCUT2D eigenvalue weighted by Gasteiger charge is 2.11. The second-order valence-corrected chi connectivity index (χ2v) is 6.64. The van der Waals surface area contributed by atoms with E-state index in [0.29, 0.717) is 6.61 Å². The molecule has 1 aromatic rings. The average molecular weight is 312 g/mol. The fraction of sp³-hybridized carbons (Fsp3) is 0.467. The van der Waals surface area contributed by atoms with Gasteiger partial charge in [-0.1, -0.05) is 40.2 Å². The van der Waals surface area contributed by atoms with Crippen LogP contribution in [0.25, 0.3) is 0 Å². The topological polar surface area (TPSA) is 21.3 Å². The van der Waals surface area contributed by atoms with Gasteiger partial charge in [0.1, 0.15) is 12.4 Å². The molecule has 0 saturated carbocycles. The van der Waals surface area contributed by atoms with Crippen molar-refractivity contribution in [3.8, 4) is 5.75 Å². The average Bonchev–Trinajstić information content (AvgIpc) is 2.23. The monoisotopic (exact) mass is 311 g/mol. The summed E-state index contributed by atoms with van der Waals surface area (Å²) in [6, 6.07) is 6.24. The van der Waals surface area contributed by atoms with Crippen molar-refractivity contribution in [3.63, 3.8) is 0 Å². The number of benzene rings is 1. The SMILES string of the molecule is C=C(Br)COc1ccc(C)cc1CNC(C)(C)C. The Hall–Kier alpha value is -0.800. The molecule has 0 bridgehead atoms. The van der Waals surface area contributed by atoms with Crippen LogP contribution in [0, 0.1) is 6.92 Å². The number of halogens is 1. The van der Waals surface area contributed by atoms with Crippen molar-refractivity contribution in [2.75, 3.05) is 6.61 Å². The lowest BCUT2D eigenvalue weighted by Crippen LogP contribution is -2.35. The number of ether oxygens (including phenoxy) is 1. The van der Waals surface area contributed by atoms with Crippen LogP contribution in [0.5, 0.6) is 5.75 Å². The molecule has 0 fully saturated rings. The van der Waals surface area contributed by atoms with Crippen molar-refractivity contribution in [2.24, 2.45) is 0 Å². The van der Waals surface area contributed by atoms with Crippen LogP contribution in [0.2, 0.25) is 0 Å². The summed E-state index contributed by atoms with van der Waals surface area (Å²) in [4.78, 5) is 0. The van der Waals surface area contributed by atoms with Crippen LogP contribution in [0.15, 0.2) is 29.3 Å². The molecule has 0 radical (unpaired) electrons. The van der Waals surface area contributed by atoms with E-state index in [1.165, 1.54) is 11.1 Å². The van der Waals surface area contributed by atoms with Crippen molar-refractivity contribution in [2.45, 2.75) is 39.8 Å². The Morgan fingerprint density at radius 2 is 2.06 bits per heavy atom. The van der Waals surface area contributed by atoms with Gasteiger partial charge < -0.3 is 10.1 Å². The third-order valence-electron chi connectivity index (χ3n) is 2.41. The first kappa shape index (κ1) is 15.3. The van der Waals surface area contributed by atoms with Crippen LogP contribution in [0.3, 0.4) is 0 Å². The summed E-state index contributed by atoms with van der Waals surface area (Å²) in [5, 5.41) is 3.48. The van der Waals surface area contributed by atoms with E-state index in [2.05, 4.69) is 67.7 Å². The third-order valence-corrected chi connectivity index (χ3v) is 2.64. The molecule has 0 aliphatic rings. The summed E-state index contributed by atoms with van der Waals surface area (Å²) >= 11 is 3.31. The van der Waals surface area contributed by atoms with E-state index in [-0.39, 0.29) is 5.54 Å². The third kappa shape index (κ3) is 5.69. The molecular formula is C15H22BrNO. The van der Waals surface area contributed by atoms with Gasteiger partial charge >= 0.3 is 0 Å². The molecule has 3 heteroatoms. The summed E-state index contributed by atoms with van der Waals surface area (Å²) in [7, 11) is 0. The molecule has 0 heterocycles. The molecule has 0 atom stereocenters. The van der Waals surface area contributed by atoms with Gasteiger partial charge in [-0.25, -0.2) is 0 Å². The number of hydrogen-bond acceptors (Lipinski definition) is 2. The van der Waals surface area contributed by atoms with Crippen molar-refractivity contribution in [1.82, 2.24) is 5.32 Å². The summed E-state index contributed by atoms with van der Waals surface area (Å²) in [5.74, 6) is 0.915. The maximum Gasteiger partial charge on any atom is 0.124 e. The number of rotatable bonds is 5. The van der Waals surface area contributed by atoms with Crippen molar-refractivity contribution in [1.29, 1.82) is 0 Å². The van der Waals surface area contributed by atoms with Crippen molar-refractivity contribution < 1.29 is 4.74 Å². The van der Waals surface area contributed by atoms with Gasteiger partial charge in [0.2, 0.25) is 0 Å². The zero-order chi connectivity index (χ0) is 13.8. The molecule has 0 spiro atoms. The van der Waals surface area contributed by atoms with Crippen LogP contribution in [0.1, 0.15) is 31.9 Å². The normalized spacial score (nSPS) is 11.4. The predicted octanol–water partition coefficient (Wildman–Crippen LogP) is 4.17. The second kappa shape index (κ2) is 6.39. The summed E-state index contributed by atoms with van der Waals surface area (Å²) in [6.07, 6.45) is 0. The van der Waals surface area contributed by atoms with Crippen LogP contribution < -0.4 is 10.1 Å². The molecule has 0 unspecified atom stereocenters. The lowest BCUT2D eigenvalue weighted by Gasteiger charge is -2.22. The molecule has 100 valence electrons. The Balaban J connectivity index is 2.79. The molecule has 18 heavy (non-hydrogen) atoms. The van der Waals surface area contributed by atoms with Gasteiger partial charge in [-0.15, -0.1) is 0 Å². The minimum absolute atomic E-state index is 0.0973. The lowest BCUT2D eigenvalue weighted by molar-refractivity contribution is 0.350. The van der Waals surface area contributed by atoms with Gasteiger partial charge in [0.25, 0.3) is 0 Å². The molecule has 0 aliphatic carbocycles. The largest absolute Gasteiger partial charge is 0.488 e. The van der Waals surface area contributed by atoms with E-state index in [1.54, 1.807) is 0 Å². The van der Waals surface area contributed by atoms with E-state index in [9.17, 15) is 0 Å². The number of aryl methyl sites for hydroxylation is 1. The molecule has 2 nitrogen and oxygen atoms in total. The summed E-state index contributed by atoms with van der Waals surface area (Å²) in [5.41, 5.74) is 2.52. The molecule has 0 aromatic heterocycles. The van der Waals surface area contributed by atoms with E-state index < -0.39 is 0 Å². The first-order valence-corrected chi connectivity index (χ1v) is 6.88. The maximum absolute atomic E-state index is 5.73. The van der Waals surface area contributed by atoms with Crippen LogP contribution in [-0.4, -0.2) is 12.1 Å². The minimum atomic E-state index is 0.0973. The van der Waals surface area contributed by atoms with Gasteiger partial charge in [0, 0.05) is 22.1 Å². The first-order chi connectivity index (χ1) is 8.28. The van der Waals surface area contributed by atoms with E-state index in [1.807, 2.05) is 6.07 Å². The maximum atomic E-state index is 5.73. The predicted molar refractivity (Wildman–Crippen MR) is 81.3 cm³/mol. The second-order valence-electron chi connectivity index (χ2n) is 5.52. The molecule has 0 aliphatic heterocycles. The molecule has 1 aromatic carbocycles. The van der Waals surface area contributed by atoms with E-state index >= 15 is 0 Å². The fourth-order valence-electron chi connectivity index (χ4n) is 1.50. The van der Waals surface area contributed by atoms with Crippen LogP contribution >= 0.6 is 15.9 Å². The molecule has 0 saturated heterocycles. The smallest absolute Gasteiger partial charge is 0.124 e. The number of hydrogen-bond donors (Lipinski definition) is 1. The lowest BCUT2D eigenvalue weighted by atomic mass is 10.1. The van der Waals surface area contributed by atoms with Gasteiger partial charge in [-0.2, -0.15) is 0 Å². The highest BCUT2D eigenvalue weighted by molar-refractivity contribution is 9.11. The van der Waals surface area contributed by atoms with E-state index in [4.69, 9.17) is 4.74 Å². The Morgan fingerprint density at radius 1 is 1.39 bits per heavy atom. The molecule has 0 amide bonds. The number of nitrogens with one attached hydrogen (secondary N) is 1. The fourth-order valence-corrected chi connectivity index (χ4v) is 1.62. The Labute approximate surface area is 119 Å². The molecule has 1 rings (SSSR count). The van der Waals surface area contributed by atoms with Crippen LogP contribution in [-0.2, 0) is 6.54 Å². The Morgan fingerprint density at radius 3 is 2.61 bits per heavy atom. The quantitative estimate of drug-likeness (QED) is 0.881.